The summed E-state index contributed by atoms with van der Waals surface area (Å²) >= 11 is 0. The lowest BCUT2D eigenvalue weighted by atomic mass is 9.90. The number of halogens is 4. The Balaban J connectivity index is 1.21. The van der Waals surface area contributed by atoms with Gasteiger partial charge in [0.15, 0.2) is 5.82 Å². The summed E-state index contributed by atoms with van der Waals surface area (Å²) in [6.45, 7) is 1.96. The van der Waals surface area contributed by atoms with Gasteiger partial charge in [-0.15, -0.1) is 6.42 Å². The van der Waals surface area contributed by atoms with E-state index < -0.39 is 28.5 Å². The average Bonchev–Trinajstić information content (AvgIpc) is 3.40. The molecule has 8 nitrogen and oxygen atoms in total. The lowest BCUT2D eigenvalue weighted by molar-refractivity contribution is 0.0663. The zero-order valence-corrected chi connectivity index (χ0v) is 26.2. The largest absolute Gasteiger partial charge is 0.508 e. The zero-order chi connectivity index (χ0) is 33.9. The minimum absolute atomic E-state index is 0.00810. The predicted molar refractivity (Wildman–Crippen MR) is 174 cm³/mol. The van der Waals surface area contributed by atoms with Crippen molar-refractivity contribution < 1.29 is 27.4 Å². The molecular weight excluding hydrogens is 636 g/mol. The number of piperazine rings is 1. The fourth-order valence-electron chi connectivity index (χ4n) is 8.79. The zero-order valence-electron chi connectivity index (χ0n) is 26.2. The molecule has 2 N–H and O–H groups in total. The van der Waals surface area contributed by atoms with Crippen molar-refractivity contribution >= 4 is 27.5 Å². The molecule has 0 radical (unpaired) electrons. The number of benzene rings is 3. The molecule has 4 fully saturated rings. The maximum absolute atomic E-state index is 17.2. The van der Waals surface area contributed by atoms with Gasteiger partial charge in [0.25, 0.3) is 5.92 Å². The monoisotopic (exact) mass is 666 g/mol. The van der Waals surface area contributed by atoms with Crippen LogP contribution in [0.2, 0.25) is 0 Å². The van der Waals surface area contributed by atoms with Crippen LogP contribution in [-0.4, -0.2) is 76.3 Å². The Bertz CT molecular complexity index is 2220. The van der Waals surface area contributed by atoms with Crippen molar-refractivity contribution in [1.29, 1.82) is 5.26 Å². The lowest BCUT2D eigenvalue weighted by Crippen LogP contribution is -2.51. The Morgan fingerprint density at radius 2 is 1.88 bits per heavy atom. The van der Waals surface area contributed by atoms with Gasteiger partial charge in [-0.25, -0.2) is 17.6 Å². The minimum atomic E-state index is -2.72. The number of anilines is 1. The van der Waals surface area contributed by atoms with Gasteiger partial charge in [-0.05, 0) is 54.5 Å². The van der Waals surface area contributed by atoms with E-state index in [4.69, 9.17) is 16.1 Å². The van der Waals surface area contributed by atoms with Crippen LogP contribution in [0.1, 0.15) is 36.8 Å². The van der Waals surface area contributed by atoms with Gasteiger partial charge in [0.1, 0.15) is 29.5 Å². The van der Waals surface area contributed by atoms with Crippen LogP contribution in [0, 0.1) is 40.7 Å². The number of terminal acetylenes is 1. The molecule has 248 valence electrons. The molecule has 3 saturated heterocycles. The maximum Gasteiger partial charge on any atom is 0.319 e. The number of phenolic OH excluding ortho intramolecular Hbond substituents is 1. The third-order valence-corrected chi connectivity index (χ3v) is 11.2. The number of nitrogens with zero attached hydrogens (tertiary/aromatic N) is 5. The van der Waals surface area contributed by atoms with E-state index in [0.717, 1.165) is 12.8 Å². The molecule has 4 aromatic rings. The fraction of sp³-hybridized carbons (Fsp3) is 0.378. The number of nitriles is 1. The summed E-state index contributed by atoms with van der Waals surface area (Å²) in [7, 11) is 0. The van der Waals surface area contributed by atoms with Crippen molar-refractivity contribution in [2.45, 2.75) is 49.2 Å². The van der Waals surface area contributed by atoms with E-state index in [9.17, 15) is 23.5 Å². The topological polar surface area (TPSA) is 97.5 Å². The van der Waals surface area contributed by atoms with E-state index >= 15 is 4.39 Å². The third-order valence-electron chi connectivity index (χ3n) is 11.2. The number of hydrogen-bond acceptors (Lipinski definition) is 8. The molecule has 3 aromatic carbocycles. The minimum Gasteiger partial charge on any atom is -0.508 e. The molecule has 0 unspecified atom stereocenters. The Morgan fingerprint density at radius 1 is 1.10 bits per heavy atom. The number of aromatic nitrogens is 2. The van der Waals surface area contributed by atoms with E-state index in [0.29, 0.717) is 30.8 Å². The first-order chi connectivity index (χ1) is 23.5. The van der Waals surface area contributed by atoms with E-state index in [-0.39, 0.29) is 88.4 Å². The molecule has 12 heteroatoms. The van der Waals surface area contributed by atoms with Crippen LogP contribution in [0.3, 0.4) is 0 Å². The molecule has 5 aliphatic rings. The molecule has 1 spiro atoms. The van der Waals surface area contributed by atoms with E-state index in [1.54, 1.807) is 0 Å². The summed E-state index contributed by atoms with van der Waals surface area (Å²) in [6.07, 6.45) is 11.6. The van der Waals surface area contributed by atoms with Gasteiger partial charge in [0, 0.05) is 61.0 Å². The molecule has 1 aliphatic carbocycles. The molecule has 0 amide bonds. The lowest BCUT2D eigenvalue weighted by Gasteiger charge is -2.34. The SMILES string of the molecule is C#Cc1c(F)ccc2cc(O)cc(-c3c(C#N)cc4c(N5C[C@H]6CC[C@@H](C5)N6)nc(OC[C@]56C=CCN5C[C@@]5(CC5(F)F)C6)nc4c3F)c12. The Kier molecular flexibility index (Phi) is 6.34. The number of phenols is 1. The van der Waals surface area contributed by atoms with Crippen LogP contribution in [0.15, 0.2) is 42.5 Å². The second-order valence-corrected chi connectivity index (χ2v) is 14.2. The molecule has 5 heterocycles. The van der Waals surface area contributed by atoms with Gasteiger partial charge in [0.2, 0.25) is 0 Å². The number of fused-ring (bicyclic) bond motifs is 5. The molecule has 1 aromatic heterocycles. The van der Waals surface area contributed by atoms with Gasteiger partial charge >= 0.3 is 6.01 Å². The number of alkyl halides is 2. The van der Waals surface area contributed by atoms with Crippen LogP contribution in [0.4, 0.5) is 23.4 Å². The molecular formula is C37H30F4N6O2. The van der Waals surface area contributed by atoms with Crippen LogP contribution in [-0.2, 0) is 0 Å². The highest BCUT2D eigenvalue weighted by atomic mass is 19.3. The number of hydrogen-bond donors (Lipinski definition) is 2. The standard InChI is InChI=1S/C37H30F4N6O2/c1-2-25-28(38)7-4-20-10-24(48)12-26(29(20)25)30-21(13-42)11-27-32(31(30)39)44-34(45-33(27)46-14-22-5-6-23(15-46)43-22)49-19-36-8-3-9-47(36)18-35(16-36)17-37(35,40)41/h1,3-4,7-8,10-12,22-23,43,48H,5-6,9,14-19H2/t22-,23+,35-,36+/m0/s1. The smallest absolute Gasteiger partial charge is 0.319 e. The maximum atomic E-state index is 17.2. The highest BCUT2D eigenvalue weighted by molar-refractivity contribution is 6.05. The predicted octanol–water partition coefficient (Wildman–Crippen LogP) is 5.65. The summed E-state index contributed by atoms with van der Waals surface area (Å²) in [6, 6.07) is 9.12. The molecule has 9 rings (SSSR count). The molecule has 1 saturated carbocycles. The van der Waals surface area contributed by atoms with Crippen molar-refractivity contribution in [3.05, 3.63) is 65.2 Å². The van der Waals surface area contributed by atoms with Gasteiger partial charge in [0.05, 0.1) is 28.2 Å². The van der Waals surface area contributed by atoms with Gasteiger partial charge in [-0.3, -0.25) is 4.90 Å². The van der Waals surface area contributed by atoms with Gasteiger partial charge < -0.3 is 20.1 Å². The number of rotatable bonds is 5. The second kappa shape index (κ2) is 10.3. The quantitative estimate of drug-likeness (QED) is 0.161. The van der Waals surface area contributed by atoms with Crippen LogP contribution in [0.5, 0.6) is 11.8 Å². The highest BCUT2D eigenvalue weighted by Gasteiger charge is 2.76. The van der Waals surface area contributed by atoms with Crippen LogP contribution < -0.4 is 15.0 Å². The van der Waals surface area contributed by atoms with Crippen molar-refractivity contribution in [3.8, 4) is 41.3 Å². The first-order valence-electron chi connectivity index (χ1n) is 16.3. The molecule has 49 heavy (non-hydrogen) atoms. The molecule has 4 aliphatic heterocycles. The van der Waals surface area contributed by atoms with Crippen molar-refractivity contribution in [2.24, 2.45) is 5.41 Å². The summed E-state index contributed by atoms with van der Waals surface area (Å²) in [4.78, 5) is 13.3. The van der Waals surface area contributed by atoms with Crippen LogP contribution >= 0.6 is 0 Å². The first-order valence-corrected chi connectivity index (χ1v) is 16.3. The van der Waals surface area contributed by atoms with Gasteiger partial charge in [-0.1, -0.05) is 24.1 Å². The first kappa shape index (κ1) is 30.2. The molecule has 2 bridgehead atoms. The number of aromatic hydroxyl groups is 1. The Hall–Kier alpha value is -4.91. The van der Waals surface area contributed by atoms with Crippen molar-refractivity contribution in [3.63, 3.8) is 0 Å². The summed E-state index contributed by atoms with van der Waals surface area (Å²) in [5.41, 5.74) is -2.36. The Labute approximate surface area is 279 Å². The van der Waals surface area contributed by atoms with Crippen molar-refractivity contribution in [2.75, 3.05) is 37.7 Å². The third kappa shape index (κ3) is 4.43. The van der Waals surface area contributed by atoms with Crippen molar-refractivity contribution in [1.82, 2.24) is 20.2 Å². The summed E-state index contributed by atoms with van der Waals surface area (Å²) in [5, 5.41) is 25.4. The summed E-state index contributed by atoms with van der Waals surface area (Å²) in [5.74, 6) is -1.82. The number of nitrogens with one attached hydrogen (secondary N) is 1. The van der Waals surface area contributed by atoms with E-state index in [1.165, 1.54) is 30.3 Å². The average molecular weight is 667 g/mol. The Morgan fingerprint density at radius 3 is 2.59 bits per heavy atom. The fourth-order valence-corrected chi connectivity index (χ4v) is 8.79. The van der Waals surface area contributed by atoms with E-state index in [1.807, 2.05) is 22.0 Å². The molecule has 4 atom stereocenters. The normalized spacial score (nSPS) is 27.9. The second-order valence-electron chi connectivity index (χ2n) is 14.2. The van der Waals surface area contributed by atoms with E-state index in [2.05, 4.69) is 22.3 Å². The highest BCUT2D eigenvalue weighted by Crippen LogP contribution is 2.68. The van der Waals surface area contributed by atoms with Gasteiger partial charge in [-0.2, -0.15) is 15.2 Å². The number of ether oxygens (including phenoxy) is 1. The van der Waals surface area contributed by atoms with Crippen LogP contribution in [0.25, 0.3) is 32.8 Å². The summed E-state index contributed by atoms with van der Waals surface area (Å²) < 4.78 is 67.3.